The molecule has 0 radical (unpaired) electrons. The molecule has 0 unspecified atom stereocenters. The van der Waals surface area contributed by atoms with Gasteiger partial charge in [-0.2, -0.15) is 9.47 Å². The van der Waals surface area contributed by atoms with E-state index in [0.717, 1.165) is 29.8 Å². The molecule has 0 atom stereocenters. The predicted octanol–water partition coefficient (Wildman–Crippen LogP) is 1.75. The molecule has 4 rings (SSSR count). The van der Waals surface area contributed by atoms with Crippen LogP contribution in [0.1, 0.15) is 33.1 Å². The minimum absolute atomic E-state index is 0.251. The number of fused-ring (bicyclic) bond motifs is 1. The number of hydrogen-bond acceptors (Lipinski definition) is 6. The molecule has 8 heteroatoms. The highest BCUT2D eigenvalue weighted by Crippen LogP contribution is 2.19. The minimum Gasteiger partial charge on any atom is -0.312 e. The van der Waals surface area contributed by atoms with E-state index in [9.17, 15) is 4.79 Å². The second-order valence-corrected chi connectivity index (χ2v) is 6.34. The summed E-state index contributed by atoms with van der Waals surface area (Å²) in [4.78, 5) is 16.8. The maximum atomic E-state index is 12.4. The molecule has 2 aromatic heterocycles. The van der Waals surface area contributed by atoms with Crippen LogP contribution >= 0.6 is 11.5 Å². The molecule has 1 aliphatic rings. The summed E-state index contributed by atoms with van der Waals surface area (Å²) in [6.07, 6.45) is 1.50. The summed E-state index contributed by atoms with van der Waals surface area (Å²) in [6.45, 7) is 1.56. The summed E-state index contributed by atoms with van der Waals surface area (Å²) < 4.78 is 4.31. The molecule has 1 amide bonds. The van der Waals surface area contributed by atoms with E-state index < -0.39 is 0 Å². The van der Waals surface area contributed by atoms with Crippen LogP contribution in [0.25, 0.3) is 0 Å². The average Bonchev–Trinajstić information content (AvgIpc) is 3.22. The van der Waals surface area contributed by atoms with E-state index in [-0.39, 0.29) is 5.91 Å². The Bertz CT molecular complexity index is 857. The Morgan fingerprint density at radius 3 is 3.04 bits per heavy atom. The Kier molecular flexibility index (Phi) is 4.06. The number of hydrogen-bond donors (Lipinski definition) is 3. The third kappa shape index (κ3) is 3.06. The number of amides is 1. The molecular weight excluding hydrogens is 324 g/mol. The van der Waals surface area contributed by atoms with Gasteiger partial charge in [0.15, 0.2) is 5.69 Å². The quantitative estimate of drug-likeness (QED) is 0.672. The second-order valence-electron chi connectivity index (χ2n) is 5.59. The summed E-state index contributed by atoms with van der Waals surface area (Å²) in [5.41, 5.74) is 3.53. The molecule has 0 bridgehead atoms. The molecule has 0 aliphatic carbocycles. The molecule has 24 heavy (non-hydrogen) atoms. The summed E-state index contributed by atoms with van der Waals surface area (Å²) >= 11 is 1.19. The molecule has 1 aliphatic heterocycles. The van der Waals surface area contributed by atoms with Crippen molar-refractivity contribution < 1.29 is 4.79 Å². The average molecular weight is 340 g/mol. The number of carbonyl (C=O) groups is 1. The highest BCUT2D eigenvalue weighted by atomic mass is 32.1. The van der Waals surface area contributed by atoms with Gasteiger partial charge in [-0.1, -0.05) is 30.3 Å². The molecule has 3 N–H and O–H groups in total. The lowest BCUT2D eigenvalue weighted by atomic mass is 10.1. The third-order valence-corrected chi connectivity index (χ3v) is 4.58. The molecule has 3 aromatic rings. The van der Waals surface area contributed by atoms with Crippen molar-refractivity contribution in [1.29, 1.82) is 0 Å². The number of anilines is 1. The molecular formula is C16H16N6OS. The molecule has 0 saturated carbocycles. The zero-order valence-electron chi connectivity index (χ0n) is 12.9. The van der Waals surface area contributed by atoms with Crippen LogP contribution in [0, 0.1) is 0 Å². The van der Waals surface area contributed by atoms with E-state index in [1.807, 2.05) is 30.3 Å². The van der Waals surface area contributed by atoms with Crippen molar-refractivity contribution in [2.45, 2.75) is 19.4 Å². The first-order valence-corrected chi connectivity index (χ1v) is 8.51. The fraction of sp³-hybridized carbons (Fsp3) is 0.250. The van der Waals surface area contributed by atoms with Crippen molar-refractivity contribution in [2.75, 3.05) is 11.9 Å². The van der Waals surface area contributed by atoms with Crippen molar-refractivity contribution in [1.82, 2.24) is 24.9 Å². The summed E-state index contributed by atoms with van der Waals surface area (Å²) in [7, 11) is 0. The Balaban J connectivity index is 1.46. The van der Waals surface area contributed by atoms with Gasteiger partial charge in [0, 0.05) is 48.7 Å². The fourth-order valence-electron chi connectivity index (χ4n) is 2.72. The van der Waals surface area contributed by atoms with E-state index >= 15 is 0 Å². The SMILES string of the molecule is O=C(Nc1nc(Cc2ccccc2)ns1)c1n[nH]c2c1CNCC2. The lowest BCUT2D eigenvalue weighted by Crippen LogP contribution is -2.25. The van der Waals surface area contributed by atoms with E-state index in [4.69, 9.17) is 0 Å². The van der Waals surface area contributed by atoms with E-state index in [1.54, 1.807) is 0 Å². The zero-order chi connectivity index (χ0) is 16.4. The van der Waals surface area contributed by atoms with Crippen LogP contribution in [0.3, 0.4) is 0 Å². The van der Waals surface area contributed by atoms with Gasteiger partial charge in [-0.3, -0.25) is 15.2 Å². The number of aromatic amines is 1. The van der Waals surface area contributed by atoms with Crippen LogP contribution in [-0.2, 0) is 19.4 Å². The van der Waals surface area contributed by atoms with Gasteiger partial charge in [-0.05, 0) is 5.56 Å². The topological polar surface area (TPSA) is 95.6 Å². The number of nitrogens with zero attached hydrogens (tertiary/aromatic N) is 3. The van der Waals surface area contributed by atoms with Crippen molar-refractivity contribution in [3.05, 3.63) is 58.7 Å². The highest BCUT2D eigenvalue weighted by Gasteiger charge is 2.22. The third-order valence-electron chi connectivity index (χ3n) is 3.92. The van der Waals surface area contributed by atoms with E-state index in [1.165, 1.54) is 11.5 Å². The largest absolute Gasteiger partial charge is 0.312 e. The van der Waals surface area contributed by atoms with Gasteiger partial charge in [0.1, 0.15) is 5.82 Å². The van der Waals surface area contributed by atoms with Gasteiger partial charge in [0.05, 0.1) is 0 Å². The van der Waals surface area contributed by atoms with Crippen LogP contribution < -0.4 is 10.6 Å². The standard InChI is InChI=1S/C16H16N6OS/c23-15(14-11-9-17-7-6-12(11)20-21-14)19-16-18-13(22-24-16)8-10-4-2-1-3-5-10/h1-5,17H,6-9H2,(H,20,21)(H,18,19,22,23). The Hall–Kier alpha value is -2.58. The van der Waals surface area contributed by atoms with Gasteiger partial charge in [0.25, 0.3) is 5.91 Å². The molecule has 0 fully saturated rings. The van der Waals surface area contributed by atoms with Crippen LogP contribution in [-0.4, -0.2) is 32.0 Å². The number of carbonyl (C=O) groups excluding carboxylic acids is 1. The van der Waals surface area contributed by atoms with Crippen molar-refractivity contribution in [2.24, 2.45) is 0 Å². The van der Waals surface area contributed by atoms with Gasteiger partial charge in [0.2, 0.25) is 5.13 Å². The summed E-state index contributed by atoms with van der Waals surface area (Å²) in [5, 5.41) is 13.6. The minimum atomic E-state index is -0.251. The molecule has 0 spiro atoms. The summed E-state index contributed by atoms with van der Waals surface area (Å²) in [6, 6.07) is 10.0. The van der Waals surface area contributed by atoms with Crippen molar-refractivity contribution in [3.63, 3.8) is 0 Å². The van der Waals surface area contributed by atoms with Crippen molar-refractivity contribution >= 4 is 22.6 Å². The maximum Gasteiger partial charge on any atom is 0.278 e. The number of aromatic nitrogens is 4. The predicted molar refractivity (Wildman–Crippen MR) is 91.1 cm³/mol. The van der Waals surface area contributed by atoms with Gasteiger partial charge in [-0.15, -0.1) is 0 Å². The van der Waals surface area contributed by atoms with E-state index in [0.29, 0.717) is 29.6 Å². The molecule has 7 nitrogen and oxygen atoms in total. The number of rotatable bonds is 4. The Morgan fingerprint density at radius 1 is 1.29 bits per heavy atom. The number of benzene rings is 1. The van der Waals surface area contributed by atoms with Gasteiger partial charge >= 0.3 is 0 Å². The van der Waals surface area contributed by atoms with E-state index in [2.05, 4.69) is 30.2 Å². The fourth-order valence-corrected chi connectivity index (χ4v) is 3.31. The van der Waals surface area contributed by atoms with Crippen molar-refractivity contribution in [3.8, 4) is 0 Å². The first kappa shape index (κ1) is 15.0. The number of H-pyrrole nitrogens is 1. The van der Waals surface area contributed by atoms with Crippen LogP contribution in [0.15, 0.2) is 30.3 Å². The monoisotopic (exact) mass is 340 g/mol. The first-order chi connectivity index (χ1) is 11.8. The lowest BCUT2D eigenvalue weighted by Gasteiger charge is -2.12. The van der Waals surface area contributed by atoms with Crippen LogP contribution in [0.2, 0.25) is 0 Å². The Morgan fingerprint density at radius 2 is 2.17 bits per heavy atom. The molecule has 1 aromatic carbocycles. The van der Waals surface area contributed by atoms with Gasteiger partial charge in [-0.25, -0.2) is 4.98 Å². The molecule has 0 saturated heterocycles. The first-order valence-electron chi connectivity index (χ1n) is 7.74. The highest BCUT2D eigenvalue weighted by molar-refractivity contribution is 7.09. The molecule has 122 valence electrons. The molecule has 3 heterocycles. The van der Waals surface area contributed by atoms with Gasteiger partial charge < -0.3 is 5.32 Å². The second kappa shape index (κ2) is 6.50. The summed E-state index contributed by atoms with van der Waals surface area (Å²) in [5.74, 6) is 0.450. The zero-order valence-corrected chi connectivity index (χ0v) is 13.7. The number of nitrogens with one attached hydrogen (secondary N) is 3. The smallest absolute Gasteiger partial charge is 0.278 e. The lowest BCUT2D eigenvalue weighted by molar-refractivity contribution is 0.102. The Labute approximate surface area is 142 Å². The van der Waals surface area contributed by atoms with Crippen LogP contribution in [0.5, 0.6) is 0 Å². The normalized spacial score (nSPS) is 13.5. The van der Waals surface area contributed by atoms with Crippen LogP contribution in [0.4, 0.5) is 5.13 Å². The maximum absolute atomic E-state index is 12.4.